The van der Waals surface area contributed by atoms with Crippen molar-refractivity contribution < 1.29 is 27.4 Å². The molecule has 8 nitrogen and oxygen atoms in total. The Labute approximate surface area is 164 Å². The van der Waals surface area contributed by atoms with Crippen LogP contribution in [0.15, 0.2) is 53.4 Å². The Morgan fingerprint density at radius 1 is 0.964 bits per heavy atom. The number of benzene rings is 2. The third kappa shape index (κ3) is 6.84. The summed E-state index contributed by atoms with van der Waals surface area (Å²) in [5.41, 5.74) is 0.626. The largest absolute Gasteiger partial charge is 0.494 e. The summed E-state index contributed by atoms with van der Waals surface area (Å²) in [5, 5.41) is 2.71. The number of carbonyl (C=O) groups excluding carboxylic acids is 1. The van der Waals surface area contributed by atoms with E-state index in [2.05, 4.69) is 10.0 Å². The van der Waals surface area contributed by atoms with E-state index in [1.54, 1.807) is 24.3 Å². The number of anilines is 1. The van der Waals surface area contributed by atoms with Crippen LogP contribution in [0.2, 0.25) is 0 Å². The van der Waals surface area contributed by atoms with Gasteiger partial charge in [0, 0.05) is 19.3 Å². The highest BCUT2D eigenvalue weighted by atomic mass is 32.2. The second-order valence-electron chi connectivity index (χ2n) is 5.66. The van der Waals surface area contributed by atoms with Gasteiger partial charge >= 0.3 is 0 Å². The number of hydrogen-bond acceptors (Lipinski definition) is 6. The number of carbonyl (C=O) groups is 1. The van der Waals surface area contributed by atoms with Crippen molar-refractivity contribution >= 4 is 21.6 Å². The minimum atomic E-state index is -3.60. The third-order valence-electron chi connectivity index (χ3n) is 3.55. The van der Waals surface area contributed by atoms with Crippen molar-refractivity contribution in [3.63, 3.8) is 0 Å². The molecule has 0 unspecified atom stereocenters. The minimum absolute atomic E-state index is 0.106. The molecule has 0 atom stereocenters. The molecule has 0 saturated carbocycles. The zero-order chi connectivity index (χ0) is 20.4. The van der Waals surface area contributed by atoms with E-state index in [0.717, 1.165) is 5.75 Å². The van der Waals surface area contributed by atoms with E-state index in [-0.39, 0.29) is 30.6 Å². The monoisotopic (exact) mass is 408 g/mol. The second-order valence-corrected chi connectivity index (χ2v) is 7.42. The lowest BCUT2D eigenvalue weighted by Gasteiger charge is -2.10. The number of sulfonamides is 1. The van der Waals surface area contributed by atoms with Crippen molar-refractivity contribution in [3.8, 4) is 11.5 Å². The van der Waals surface area contributed by atoms with Gasteiger partial charge in [-0.1, -0.05) is 0 Å². The van der Waals surface area contributed by atoms with Crippen LogP contribution in [-0.4, -0.2) is 47.8 Å². The fraction of sp³-hybridized carbons (Fsp3) is 0.316. The van der Waals surface area contributed by atoms with Gasteiger partial charge < -0.3 is 19.5 Å². The summed E-state index contributed by atoms with van der Waals surface area (Å²) in [7, 11) is -2.11. The molecule has 2 N–H and O–H groups in total. The van der Waals surface area contributed by atoms with Crippen LogP contribution in [0.1, 0.15) is 6.92 Å². The van der Waals surface area contributed by atoms with Crippen molar-refractivity contribution in [3.05, 3.63) is 48.5 Å². The maximum absolute atomic E-state index is 12.1. The molecule has 0 fully saturated rings. The standard InChI is InChI=1S/C19H24N2O6S/c1-3-26-16-6-4-15(5-7-16)21-19(22)14-27-17-8-10-18(11-9-17)28(23,24)20-12-13-25-2/h4-11,20H,3,12-14H2,1-2H3,(H,21,22). The molecule has 0 aliphatic heterocycles. The summed E-state index contributed by atoms with van der Waals surface area (Å²) in [6.07, 6.45) is 0. The van der Waals surface area contributed by atoms with Crippen molar-refractivity contribution in [2.75, 3.05) is 38.8 Å². The van der Waals surface area contributed by atoms with Gasteiger partial charge in [0.2, 0.25) is 10.0 Å². The molecule has 0 saturated heterocycles. The Bertz CT molecular complexity index is 851. The van der Waals surface area contributed by atoms with Crippen LogP contribution in [0.25, 0.3) is 0 Å². The number of hydrogen-bond donors (Lipinski definition) is 2. The first-order chi connectivity index (χ1) is 13.4. The molecule has 0 bridgehead atoms. The highest BCUT2D eigenvalue weighted by Crippen LogP contribution is 2.17. The maximum Gasteiger partial charge on any atom is 0.262 e. The maximum atomic E-state index is 12.1. The van der Waals surface area contributed by atoms with Gasteiger partial charge in [-0.25, -0.2) is 13.1 Å². The fourth-order valence-electron chi connectivity index (χ4n) is 2.22. The van der Waals surface area contributed by atoms with Crippen LogP contribution in [0.4, 0.5) is 5.69 Å². The van der Waals surface area contributed by atoms with E-state index in [0.29, 0.717) is 18.0 Å². The van der Waals surface area contributed by atoms with Gasteiger partial charge in [0.05, 0.1) is 18.1 Å². The lowest BCUT2D eigenvalue weighted by atomic mass is 10.3. The van der Waals surface area contributed by atoms with Crippen molar-refractivity contribution in [2.24, 2.45) is 0 Å². The zero-order valence-electron chi connectivity index (χ0n) is 15.8. The molecule has 152 valence electrons. The van der Waals surface area contributed by atoms with Crippen LogP contribution >= 0.6 is 0 Å². The summed E-state index contributed by atoms with van der Waals surface area (Å²) >= 11 is 0. The highest BCUT2D eigenvalue weighted by molar-refractivity contribution is 7.89. The average Bonchev–Trinajstić information content (AvgIpc) is 2.68. The Kier molecular flexibility index (Phi) is 8.24. The van der Waals surface area contributed by atoms with E-state index in [1.807, 2.05) is 6.92 Å². The molecule has 0 spiro atoms. The first kappa shape index (κ1) is 21.7. The predicted molar refractivity (Wildman–Crippen MR) is 105 cm³/mol. The van der Waals surface area contributed by atoms with E-state index in [4.69, 9.17) is 14.2 Å². The van der Waals surface area contributed by atoms with Gasteiger partial charge in [-0.3, -0.25) is 4.79 Å². The minimum Gasteiger partial charge on any atom is -0.494 e. The summed E-state index contributed by atoms with van der Waals surface area (Å²) < 4.78 is 42.1. The normalized spacial score (nSPS) is 11.1. The summed E-state index contributed by atoms with van der Waals surface area (Å²) in [4.78, 5) is 12.1. The topological polar surface area (TPSA) is 103 Å². The highest BCUT2D eigenvalue weighted by Gasteiger charge is 2.13. The number of nitrogens with one attached hydrogen (secondary N) is 2. The van der Waals surface area contributed by atoms with Crippen molar-refractivity contribution in [1.82, 2.24) is 4.72 Å². The summed E-state index contributed by atoms with van der Waals surface area (Å²) in [6, 6.07) is 12.8. The number of ether oxygens (including phenoxy) is 3. The molecule has 0 aliphatic carbocycles. The van der Waals surface area contributed by atoms with Gasteiger partial charge in [0.25, 0.3) is 5.91 Å². The SMILES string of the molecule is CCOc1ccc(NC(=O)COc2ccc(S(=O)(=O)NCCOC)cc2)cc1. The lowest BCUT2D eigenvalue weighted by Crippen LogP contribution is -2.27. The fourth-order valence-corrected chi connectivity index (χ4v) is 3.24. The number of rotatable bonds is 11. The molecule has 1 amide bonds. The van der Waals surface area contributed by atoms with Crippen LogP contribution in [0, 0.1) is 0 Å². The number of methoxy groups -OCH3 is 1. The summed E-state index contributed by atoms with van der Waals surface area (Å²) in [6.45, 7) is 2.73. The molecule has 9 heteroatoms. The predicted octanol–water partition coefficient (Wildman–Crippen LogP) is 2.03. The Morgan fingerprint density at radius 2 is 1.57 bits per heavy atom. The van der Waals surface area contributed by atoms with Crippen LogP contribution < -0.4 is 19.5 Å². The quantitative estimate of drug-likeness (QED) is 0.552. The van der Waals surface area contributed by atoms with Crippen LogP contribution in [0.5, 0.6) is 11.5 Å². The molecule has 2 aromatic rings. The van der Waals surface area contributed by atoms with Gasteiger partial charge in [-0.05, 0) is 55.5 Å². The molecule has 0 heterocycles. The summed E-state index contributed by atoms with van der Waals surface area (Å²) in [5.74, 6) is 0.781. The molecule has 0 radical (unpaired) electrons. The molecular weight excluding hydrogens is 384 g/mol. The molecule has 2 rings (SSSR count). The van der Waals surface area contributed by atoms with Crippen molar-refractivity contribution in [1.29, 1.82) is 0 Å². The zero-order valence-corrected chi connectivity index (χ0v) is 16.6. The molecule has 0 aromatic heterocycles. The van der Waals surface area contributed by atoms with E-state index in [1.165, 1.54) is 31.4 Å². The Hall–Kier alpha value is -2.62. The van der Waals surface area contributed by atoms with Crippen LogP contribution in [-0.2, 0) is 19.6 Å². The van der Waals surface area contributed by atoms with Gasteiger partial charge in [-0.2, -0.15) is 0 Å². The van der Waals surface area contributed by atoms with E-state index in [9.17, 15) is 13.2 Å². The molecule has 0 aliphatic rings. The lowest BCUT2D eigenvalue weighted by molar-refractivity contribution is -0.118. The Balaban J connectivity index is 1.84. The first-order valence-electron chi connectivity index (χ1n) is 8.69. The van der Waals surface area contributed by atoms with Gasteiger partial charge in [0.1, 0.15) is 11.5 Å². The smallest absolute Gasteiger partial charge is 0.262 e. The van der Waals surface area contributed by atoms with Crippen molar-refractivity contribution in [2.45, 2.75) is 11.8 Å². The number of amides is 1. The Morgan fingerprint density at radius 3 is 2.18 bits per heavy atom. The molecule has 2 aromatic carbocycles. The van der Waals surface area contributed by atoms with E-state index < -0.39 is 10.0 Å². The molecule has 28 heavy (non-hydrogen) atoms. The molecular formula is C19H24N2O6S. The van der Waals surface area contributed by atoms with E-state index >= 15 is 0 Å². The average molecular weight is 408 g/mol. The van der Waals surface area contributed by atoms with Gasteiger partial charge in [0.15, 0.2) is 6.61 Å². The van der Waals surface area contributed by atoms with Crippen LogP contribution in [0.3, 0.4) is 0 Å². The van der Waals surface area contributed by atoms with Gasteiger partial charge in [-0.15, -0.1) is 0 Å². The third-order valence-corrected chi connectivity index (χ3v) is 5.03. The first-order valence-corrected chi connectivity index (χ1v) is 10.2. The second kappa shape index (κ2) is 10.6.